The molecule has 0 fully saturated rings. The second-order valence-electron chi connectivity index (χ2n) is 4.38. The number of urea groups is 1. The van der Waals surface area contributed by atoms with E-state index in [1.165, 1.54) is 12.1 Å². The Labute approximate surface area is 129 Å². The van der Waals surface area contributed by atoms with Crippen molar-refractivity contribution < 1.29 is 18.0 Å². The first kappa shape index (κ1) is 16.2. The van der Waals surface area contributed by atoms with E-state index in [1.807, 2.05) is 18.4 Å². The minimum atomic E-state index is -4.39. The highest BCUT2D eigenvalue weighted by molar-refractivity contribution is 7.98. The first-order valence-corrected chi connectivity index (χ1v) is 7.50. The summed E-state index contributed by atoms with van der Waals surface area (Å²) in [7, 11) is 0. The first-order valence-electron chi connectivity index (χ1n) is 6.28. The Hall–Kier alpha value is -2.15. The van der Waals surface area contributed by atoms with Crippen LogP contribution in [-0.4, -0.2) is 12.3 Å². The zero-order chi connectivity index (χ0) is 16.2. The summed E-state index contributed by atoms with van der Waals surface area (Å²) >= 11 is 1.58. The SMILES string of the molecule is CSc1ccc(NC(=O)Nc2ccc(C(F)(F)F)cc2)cc1. The number of carbonyl (C=O) groups excluding carboxylic acids is 1. The molecule has 2 N–H and O–H groups in total. The van der Waals surface area contributed by atoms with Crippen LogP contribution in [0.3, 0.4) is 0 Å². The molecular weight excluding hydrogens is 313 g/mol. The van der Waals surface area contributed by atoms with E-state index in [1.54, 1.807) is 23.9 Å². The summed E-state index contributed by atoms with van der Waals surface area (Å²) < 4.78 is 37.3. The maximum Gasteiger partial charge on any atom is 0.416 e. The van der Waals surface area contributed by atoms with Gasteiger partial charge in [0.2, 0.25) is 0 Å². The topological polar surface area (TPSA) is 41.1 Å². The van der Waals surface area contributed by atoms with Gasteiger partial charge in [0.1, 0.15) is 0 Å². The third-order valence-corrected chi connectivity index (χ3v) is 3.56. The molecule has 0 unspecified atom stereocenters. The van der Waals surface area contributed by atoms with Gasteiger partial charge in [0.25, 0.3) is 0 Å². The van der Waals surface area contributed by atoms with Gasteiger partial charge < -0.3 is 10.6 Å². The molecule has 7 heteroatoms. The smallest absolute Gasteiger partial charge is 0.308 e. The summed E-state index contributed by atoms with van der Waals surface area (Å²) in [6.07, 6.45) is -2.44. The Morgan fingerprint density at radius 1 is 0.909 bits per heavy atom. The summed E-state index contributed by atoms with van der Waals surface area (Å²) in [6, 6.07) is 11.0. The summed E-state index contributed by atoms with van der Waals surface area (Å²) in [5.74, 6) is 0. The van der Waals surface area contributed by atoms with Gasteiger partial charge >= 0.3 is 12.2 Å². The van der Waals surface area contributed by atoms with Crippen molar-refractivity contribution in [3.05, 3.63) is 54.1 Å². The van der Waals surface area contributed by atoms with Gasteiger partial charge in [-0.15, -0.1) is 11.8 Å². The Balaban J connectivity index is 1.96. The van der Waals surface area contributed by atoms with Crippen molar-refractivity contribution in [3.8, 4) is 0 Å². The van der Waals surface area contributed by atoms with E-state index < -0.39 is 17.8 Å². The molecule has 0 aliphatic heterocycles. The zero-order valence-electron chi connectivity index (χ0n) is 11.6. The number of anilines is 2. The minimum Gasteiger partial charge on any atom is -0.308 e. The predicted octanol–water partition coefficient (Wildman–Crippen LogP) is 5.07. The van der Waals surface area contributed by atoms with Gasteiger partial charge in [-0.1, -0.05) is 0 Å². The van der Waals surface area contributed by atoms with Crippen molar-refractivity contribution in [3.63, 3.8) is 0 Å². The lowest BCUT2D eigenvalue weighted by molar-refractivity contribution is -0.137. The van der Waals surface area contributed by atoms with Crippen LogP contribution >= 0.6 is 11.8 Å². The summed E-state index contributed by atoms with van der Waals surface area (Å²) in [6.45, 7) is 0. The standard InChI is InChI=1S/C15H13F3N2OS/c1-22-13-8-6-12(7-9-13)20-14(21)19-11-4-2-10(3-5-11)15(16,17)18/h2-9H,1H3,(H2,19,20,21). The highest BCUT2D eigenvalue weighted by Crippen LogP contribution is 2.29. The van der Waals surface area contributed by atoms with Crippen molar-refractivity contribution >= 4 is 29.2 Å². The number of hydrogen-bond donors (Lipinski definition) is 2. The van der Waals surface area contributed by atoms with E-state index >= 15 is 0 Å². The normalized spacial score (nSPS) is 11.1. The average molecular weight is 326 g/mol. The number of rotatable bonds is 3. The number of amides is 2. The van der Waals surface area contributed by atoms with Gasteiger partial charge in [-0.2, -0.15) is 13.2 Å². The maximum absolute atomic E-state index is 12.4. The number of benzene rings is 2. The van der Waals surface area contributed by atoms with Crippen LogP contribution in [0.2, 0.25) is 0 Å². The van der Waals surface area contributed by atoms with Gasteiger partial charge in [-0.3, -0.25) is 0 Å². The van der Waals surface area contributed by atoms with Crippen LogP contribution in [0.25, 0.3) is 0 Å². The van der Waals surface area contributed by atoms with Crippen LogP contribution in [0, 0.1) is 0 Å². The molecule has 116 valence electrons. The number of nitrogens with one attached hydrogen (secondary N) is 2. The van der Waals surface area contributed by atoms with E-state index in [2.05, 4.69) is 10.6 Å². The van der Waals surface area contributed by atoms with Crippen LogP contribution in [0.15, 0.2) is 53.4 Å². The molecule has 2 aromatic carbocycles. The van der Waals surface area contributed by atoms with Crippen molar-refractivity contribution in [2.45, 2.75) is 11.1 Å². The highest BCUT2D eigenvalue weighted by atomic mass is 32.2. The van der Waals surface area contributed by atoms with E-state index in [0.717, 1.165) is 17.0 Å². The number of halogens is 3. The molecule has 0 aliphatic carbocycles. The molecule has 2 rings (SSSR count). The van der Waals surface area contributed by atoms with E-state index in [9.17, 15) is 18.0 Å². The van der Waals surface area contributed by atoms with Crippen LogP contribution in [0.5, 0.6) is 0 Å². The van der Waals surface area contributed by atoms with Crippen molar-refractivity contribution in [2.24, 2.45) is 0 Å². The minimum absolute atomic E-state index is 0.284. The monoisotopic (exact) mass is 326 g/mol. The second kappa shape index (κ2) is 6.74. The number of thioether (sulfide) groups is 1. The van der Waals surface area contributed by atoms with Gasteiger partial charge in [0.15, 0.2) is 0 Å². The largest absolute Gasteiger partial charge is 0.416 e. The zero-order valence-corrected chi connectivity index (χ0v) is 12.4. The molecule has 0 bridgehead atoms. The molecule has 2 amide bonds. The molecule has 22 heavy (non-hydrogen) atoms. The number of carbonyl (C=O) groups is 1. The summed E-state index contributed by atoms with van der Waals surface area (Å²) in [4.78, 5) is 12.8. The number of hydrogen-bond acceptors (Lipinski definition) is 2. The fraction of sp³-hybridized carbons (Fsp3) is 0.133. The molecule has 0 spiro atoms. The Morgan fingerprint density at radius 3 is 1.77 bits per heavy atom. The second-order valence-corrected chi connectivity index (χ2v) is 5.26. The van der Waals surface area contributed by atoms with Crippen LogP contribution in [0.4, 0.5) is 29.3 Å². The Kier molecular flexibility index (Phi) is 4.97. The average Bonchev–Trinajstić information content (AvgIpc) is 2.47. The summed E-state index contributed by atoms with van der Waals surface area (Å²) in [5, 5.41) is 5.08. The van der Waals surface area contributed by atoms with Gasteiger partial charge in [0, 0.05) is 16.3 Å². The molecule has 2 aromatic rings. The fourth-order valence-electron chi connectivity index (χ4n) is 1.71. The molecule has 0 aliphatic rings. The van der Waals surface area contributed by atoms with E-state index in [-0.39, 0.29) is 5.69 Å². The molecule has 0 saturated heterocycles. The number of alkyl halides is 3. The quantitative estimate of drug-likeness (QED) is 0.773. The molecular formula is C15H13F3N2OS. The van der Waals surface area contributed by atoms with Crippen molar-refractivity contribution in [2.75, 3.05) is 16.9 Å². The lowest BCUT2D eigenvalue weighted by Crippen LogP contribution is -2.19. The van der Waals surface area contributed by atoms with E-state index in [4.69, 9.17) is 0 Å². The Bertz CT molecular complexity index is 639. The highest BCUT2D eigenvalue weighted by Gasteiger charge is 2.29. The maximum atomic E-state index is 12.4. The third kappa shape index (κ3) is 4.42. The van der Waals surface area contributed by atoms with Gasteiger partial charge in [-0.25, -0.2) is 4.79 Å². The molecule has 3 nitrogen and oxygen atoms in total. The molecule has 0 heterocycles. The van der Waals surface area contributed by atoms with Crippen LogP contribution < -0.4 is 10.6 Å². The van der Waals surface area contributed by atoms with Gasteiger partial charge in [-0.05, 0) is 54.8 Å². The lowest BCUT2D eigenvalue weighted by Gasteiger charge is -2.10. The Morgan fingerprint density at radius 2 is 1.36 bits per heavy atom. The third-order valence-electron chi connectivity index (χ3n) is 2.82. The molecule has 0 atom stereocenters. The van der Waals surface area contributed by atoms with Crippen molar-refractivity contribution in [1.82, 2.24) is 0 Å². The predicted molar refractivity (Wildman–Crippen MR) is 82.3 cm³/mol. The van der Waals surface area contributed by atoms with Crippen molar-refractivity contribution in [1.29, 1.82) is 0 Å². The summed E-state index contributed by atoms with van der Waals surface area (Å²) in [5.41, 5.74) is 0.125. The molecule has 0 aromatic heterocycles. The van der Waals surface area contributed by atoms with Crippen LogP contribution in [-0.2, 0) is 6.18 Å². The lowest BCUT2D eigenvalue weighted by atomic mass is 10.2. The van der Waals surface area contributed by atoms with Crippen LogP contribution in [0.1, 0.15) is 5.56 Å². The van der Waals surface area contributed by atoms with Gasteiger partial charge in [0.05, 0.1) is 5.56 Å². The fourth-order valence-corrected chi connectivity index (χ4v) is 2.12. The molecule has 0 radical (unpaired) electrons. The molecule has 0 saturated carbocycles. The first-order chi connectivity index (χ1) is 10.4. The van der Waals surface area contributed by atoms with E-state index in [0.29, 0.717) is 5.69 Å².